The highest BCUT2D eigenvalue weighted by molar-refractivity contribution is 14.1. The molecule has 0 unspecified atom stereocenters. The molecule has 2 aromatic rings. The van der Waals surface area contributed by atoms with Crippen molar-refractivity contribution in [2.75, 3.05) is 12.0 Å². The molecule has 1 N–H and O–H groups in total. The molecule has 0 aromatic heterocycles. The molecule has 0 bridgehead atoms. The van der Waals surface area contributed by atoms with E-state index in [4.69, 9.17) is 17.0 Å². The highest BCUT2D eigenvalue weighted by Gasteiger charge is 2.32. The van der Waals surface area contributed by atoms with Crippen LogP contribution < -0.4 is 15.0 Å². The molecule has 1 aliphatic rings. The summed E-state index contributed by atoms with van der Waals surface area (Å²) >= 11 is 9.88. The molecule has 0 radical (unpaired) electrons. The number of carbonyl (C=O) groups excluding carboxylic acids is 1. The van der Waals surface area contributed by atoms with Crippen LogP contribution in [0.25, 0.3) is 6.08 Å². The Hall–Kier alpha value is -1.20. The highest BCUT2D eigenvalue weighted by Crippen LogP contribution is 2.31. The first-order chi connectivity index (χ1) is 12.3. The third-order valence-electron chi connectivity index (χ3n) is 4.17. The third-order valence-corrected chi connectivity index (χ3v) is 5.88. The first-order valence-electron chi connectivity index (χ1n) is 7.79. The average molecular weight is 590 g/mol. The van der Waals surface area contributed by atoms with Crippen molar-refractivity contribution < 1.29 is 9.53 Å². The van der Waals surface area contributed by atoms with Gasteiger partial charge >= 0.3 is 0 Å². The van der Waals surface area contributed by atoms with Crippen molar-refractivity contribution in [3.63, 3.8) is 0 Å². The van der Waals surface area contributed by atoms with E-state index in [0.717, 1.165) is 29.7 Å². The Labute approximate surface area is 185 Å². The van der Waals surface area contributed by atoms with Crippen LogP contribution in [0.3, 0.4) is 0 Å². The summed E-state index contributed by atoms with van der Waals surface area (Å²) in [5.41, 5.74) is 4.33. The van der Waals surface area contributed by atoms with Crippen LogP contribution in [0.5, 0.6) is 5.75 Å². The van der Waals surface area contributed by atoms with Crippen LogP contribution in [0.15, 0.2) is 36.0 Å². The fourth-order valence-electron chi connectivity index (χ4n) is 2.69. The quantitative estimate of drug-likeness (QED) is 0.318. The number of rotatable bonds is 3. The largest absolute Gasteiger partial charge is 0.495 e. The van der Waals surface area contributed by atoms with E-state index >= 15 is 0 Å². The summed E-state index contributed by atoms with van der Waals surface area (Å²) in [5, 5.41) is 3.41. The zero-order valence-corrected chi connectivity index (χ0v) is 19.5. The van der Waals surface area contributed by atoms with E-state index in [9.17, 15) is 4.79 Å². The van der Waals surface area contributed by atoms with Gasteiger partial charge in [0.25, 0.3) is 5.91 Å². The number of aryl methyl sites for hydroxylation is 2. The molecule has 1 aliphatic heterocycles. The summed E-state index contributed by atoms with van der Waals surface area (Å²) in [4.78, 5) is 14.5. The summed E-state index contributed by atoms with van der Waals surface area (Å²) in [6.07, 6.45) is 1.79. The van der Waals surface area contributed by atoms with Gasteiger partial charge in [-0.05, 0) is 113 Å². The van der Waals surface area contributed by atoms with E-state index in [1.54, 1.807) is 13.2 Å². The monoisotopic (exact) mass is 590 g/mol. The Bertz CT molecular complexity index is 957. The maximum Gasteiger partial charge on any atom is 0.281 e. The number of nitrogens with zero attached hydrogens (tertiary/aromatic N) is 1. The molecule has 0 atom stereocenters. The molecule has 3 rings (SSSR count). The number of benzene rings is 2. The SMILES string of the molecule is COc1c(I)cc(I)cc1/C=C1/NC(=S)N(c2ccc(C)c(C)c2)C1=O. The second-order valence-electron chi connectivity index (χ2n) is 5.91. The molecular weight excluding hydrogens is 574 g/mol. The fraction of sp³-hybridized carbons (Fsp3) is 0.158. The van der Waals surface area contributed by atoms with Crippen molar-refractivity contribution in [3.8, 4) is 5.75 Å². The summed E-state index contributed by atoms with van der Waals surface area (Å²) in [6.45, 7) is 4.06. The summed E-state index contributed by atoms with van der Waals surface area (Å²) < 4.78 is 7.56. The van der Waals surface area contributed by atoms with Crippen molar-refractivity contribution in [1.29, 1.82) is 0 Å². The maximum atomic E-state index is 12.9. The van der Waals surface area contributed by atoms with E-state index < -0.39 is 0 Å². The first-order valence-corrected chi connectivity index (χ1v) is 10.4. The van der Waals surface area contributed by atoms with Gasteiger partial charge in [0, 0.05) is 9.13 Å². The Morgan fingerprint density at radius 2 is 1.88 bits per heavy atom. The van der Waals surface area contributed by atoms with E-state index in [2.05, 4.69) is 50.5 Å². The molecule has 26 heavy (non-hydrogen) atoms. The minimum absolute atomic E-state index is 0.172. The molecule has 0 aliphatic carbocycles. The number of amides is 1. The summed E-state index contributed by atoms with van der Waals surface area (Å²) in [7, 11) is 1.63. The van der Waals surface area contributed by atoms with Gasteiger partial charge in [-0.2, -0.15) is 0 Å². The Balaban J connectivity index is 2.01. The minimum Gasteiger partial charge on any atom is -0.495 e. The lowest BCUT2D eigenvalue weighted by atomic mass is 10.1. The van der Waals surface area contributed by atoms with Gasteiger partial charge in [0.05, 0.1) is 16.4 Å². The highest BCUT2D eigenvalue weighted by atomic mass is 127. The molecule has 0 spiro atoms. The van der Waals surface area contributed by atoms with E-state index in [-0.39, 0.29) is 5.91 Å². The molecule has 2 aromatic carbocycles. The topological polar surface area (TPSA) is 41.6 Å². The number of anilines is 1. The molecule has 1 amide bonds. The van der Waals surface area contributed by atoms with Gasteiger partial charge in [-0.25, -0.2) is 0 Å². The van der Waals surface area contributed by atoms with Crippen LogP contribution in [0.2, 0.25) is 0 Å². The average Bonchev–Trinajstić information content (AvgIpc) is 2.84. The molecule has 134 valence electrons. The molecule has 7 heteroatoms. The number of hydrogen-bond acceptors (Lipinski definition) is 3. The van der Waals surface area contributed by atoms with Crippen molar-refractivity contribution in [2.24, 2.45) is 0 Å². The standard InChI is InChI=1S/C19H16I2N2O2S/c1-10-4-5-14(6-11(10)2)23-18(24)16(22-19(23)26)8-12-7-13(20)9-15(21)17(12)25-3/h4-9H,1-3H3,(H,22,26)/b16-8+. The van der Waals surface area contributed by atoms with E-state index in [1.807, 2.05) is 44.2 Å². The van der Waals surface area contributed by atoms with Gasteiger partial charge in [0.15, 0.2) is 5.11 Å². The fourth-order valence-corrected chi connectivity index (χ4v) is 5.10. The van der Waals surface area contributed by atoms with Gasteiger partial charge in [0.2, 0.25) is 0 Å². The second kappa shape index (κ2) is 7.81. The van der Waals surface area contributed by atoms with Crippen LogP contribution in [0.4, 0.5) is 5.69 Å². The zero-order chi connectivity index (χ0) is 19.0. The molecule has 0 saturated carbocycles. The van der Waals surface area contributed by atoms with Gasteiger partial charge in [-0.3, -0.25) is 9.69 Å². The summed E-state index contributed by atoms with van der Waals surface area (Å²) in [6, 6.07) is 9.88. The Morgan fingerprint density at radius 3 is 2.54 bits per heavy atom. The van der Waals surface area contributed by atoms with Crippen molar-refractivity contribution in [3.05, 3.63) is 59.9 Å². The number of methoxy groups -OCH3 is 1. The predicted octanol–water partition coefficient (Wildman–Crippen LogP) is 4.78. The van der Waals surface area contributed by atoms with Crippen molar-refractivity contribution >= 4 is 80.2 Å². The number of hydrogen-bond donors (Lipinski definition) is 1. The maximum absolute atomic E-state index is 12.9. The second-order valence-corrected chi connectivity index (χ2v) is 8.70. The minimum atomic E-state index is -0.172. The van der Waals surface area contributed by atoms with Gasteiger partial charge in [-0.1, -0.05) is 6.07 Å². The van der Waals surface area contributed by atoms with Gasteiger partial charge < -0.3 is 10.1 Å². The lowest BCUT2D eigenvalue weighted by Crippen LogP contribution is -2.30. The predicted molar refractivity (Wildman–Crippen MR) is 126 cm³/mol. The normalized spacial score (nSPS) is 15.6. The number of halogens is 2. The molecule has 1 saturated heterocycles. The van der Waals surface area contributed by atoms with E-state index in [0.29, 0.717) is 10.8 Å². The van der Waals surface area contributed by atoms with E-state index in [1.165, 1.54) is 10.5 Å². The van der Waals surface area contributed by atoms with Crippen LogP contribution in [-0.4, -0.2) is 18.1 Å². The lowest BCUT2D eigenvalue weighted by molar-refractivity contribution is -0.113. The van der Waals surface area contributed by atoms with Crippen LogP contribution in [0.1, 0.15) is 16.7 Å². The number of nitrogens with one attached hydrogen (secondary N) is 1. The van der Waals surface area contributed by atoms with Crippen molar-refractivity contribution in [2.45, 2.75) is 13.8 Å². The molecular formula is C19H16I2N2O2S. The Kier molecular flexibility index (Phi) is 5.88. The molecule has 1 fully saturated rings. The number of thiocarbonyl (C=S) groups is 1. The number of carbonyl (C=O) groups is 1. The lowest BCUT2D eigenvalue weighted by Gasteiger charge is -2.15. The van der Waals surface area contributed by atoms with Crippen molar-refractivity contribution in [1.82, 2.24) is 5.32 Å². The van der Waals surface area contributed by atoms with Crippen LogP contribution in [-0.2, 0) is 4.79 Å². The Morgan fingerprint density at radius 1 is 1.15 bits per heavy atom. The molecule has 1 heterocycles. The van der Waals surface area contributed by atoms with Crippen LogP contribution >= 0.6 is 57.4 Å². The zero-order valence-electron chi connectivity index (χ0n) is 14.4. The smallest absolute Gasteiger partial charge is 0.281 e. The summed E-state index contributed by atoms with van der Waals surface area (Å²) in [5.74, 6) is 0.567. The third kappa shape index (κ3) is 3.74. The number of ether oxygens (including phenoxy) is 1. The van der Waals surface area contributed by atoms with Gasteiger partial charge in [-0.15, -0.1) is 0 Å². The van der Waals surface area contributed by atoms with Crippen LogP contribution in [0, 0.1) is 21.0 Å². The molecule has 4 nitrogen and oxygen atoms in total. The van der Waals surface area contributed by atoms with Gasteiger partial charge in [0.1, 0.15) is 11.4 Å². The first kappa shape index (κ1) is 19.6.